The van der Waals surface area contributed by atoms with E-state index in [1.54, 1.807) is 12.1 Å². The van der Waals surface area contributed by atoms with E-state index < -0.39 is 6.09 Å². The molecule has 1 rings (SSSR count). The fourth-order valence-electron chi connectivity index (χ4n) is 0.814. The predicted molar refractivity (Wildman–Crippen MR) is 48.8 cm³/mol. The van der Waals surface area contributed by atoms with Crippen LogP contribution in [0.3, 0.4) is 0 Å². The van der Waals surface area contributed by atoms with Crippen LogP contribution in [-0.4, -0.2) is 25.2 Å². The first-order chi connectivity index (χ1) is 6.09. The van der Waals surface area contributed by atoms with E-state index in [4.69, 9.17) is 5.73 Å². The molecule has 0 bridgehead atoms. The largest absolute Gasteiger partial charge is 0.410 e. The summed E-state index contributed by atoms with van der Waals surface area (Å²) in [5.74, 6) is 1.13. The molecule has 0 aliphatic carbocycles. The third-order valence-corrected chi connectivity index (χ3v) is 1.40. The van der Waals surface area contributed by atoms with Crippen LogP contribution in [0.15, 0.2) is 18.3 Å². The first-order valence-corrected chi connectivity index (χ1v) is 3.70. The Labute approximate surface area is 76.1 Å². The third kappa shape index (κ3) is 2.62. The number of carbonyl (C=O) groups is 1. The summed E-state index contributed by atoms with van der Waals surface area (Å²) in [6.07, 6.45) is 0.611. The summed E-state index contributed by atoms with van der Waals surface area (Å²) >= 11 is 0. The van der Waals surface area contributed by atoms with Crippen molar-refractivity contribution < 1.29 is 9.53 Å². The van der Waals surface area contributed by atoms with E-state index in [-0.39, 0.29) is 0 Å². The van der Waals surface area contributed by atoms with Gasteiger partial charge in [-0.05, 0) is 12.1 Å². The van der Waals surface area contributed by atoms with Gasteiger partial charge < -0.3 is 15.4 Å². The molecule has 1 heterocycles. The minimum absolute atomic E-state index is 0.345. The summed E-state index contributed by atoms with van der Waals surface area (Å²) in [5.41, 5.74) is 4.82. The minimum Gasteiger partial charge on any atom is -0.409 e. The van der Waals surface area contributed by atoms with Crippen molar-refractivity contribution in [3.63, 3.8) is 0 Å². The van der Waals surface area contributed by atoms with Gasteiger partial charge >= 0.3 is 6.09 Å². The van der Waals surface area contributed by atoms with Crippen molar-refractivity contribution in [1.82, 2.24) is 4.98 Å². The molecular formula is C8H11N3O2. The van der Waals surface area contributed by atoms with Crippen molar-refractivity contribution in [3.05, 3.63) is 18.3 Å². The lowest BCUT2D eigenvalue weighted by Gasteiger charge is -2.10. The highest BCUT2D eigenvalue weighted by molar-refractivity contribution is 5.68. The number of anilines is 1. The van der Waals surface area contributed by atoms with Gasteiger partial charge in [0.15, 0.2) is 5.75 Å². The third-order valence-electron chi connectivity index (χ3n) is 1.40. The molecular weight excluding hydrogens is 170 g/mol. The Bertz CT molecular complexity index is 295. The molecule has 0 aromatic carbocycles. The number of rotatable bonds is 2. The van der Waals surface area contributed by atoms with Crippen molar-refractivity contribution in [3.8, 4) is 5.75 Å². The fourth-order valence-corrected chi connectivity index (χ4v) is 0.814. The van der Waals surface area contributed by atoms with Gasteiger partial charge in [-0.1, -0.05) is 0 Å². The number of nitrogens with zero attached hydrogens (tertiary/aromatic N) is 2. The predicted octanol–water partition coefficient (Wildman–Crippen LogP) is 0.605. The highest BCUT2D eigenvalue weighted by Gasteiger charge is 2.00. The van der Waals surface area contributed by atoms with Gasteiger partial charge in [-0.3, -0.25) is 0 Å². The van der Waals surface area contributed by atoms with Gasteiger partial charge in [-0.15, -0.1) is 0 Å². The maximum atomic E-state index is 10.3. The second-order valence-corrected chi connectivity index (χ2v) is 2.67. The summed E-state index contributed by atoms with van der Waals surface area (Å²) < 4.78 is 4.61. The molecule has 1 aromatic heterocycles. The smallest absolute Gasteiger partial charge is 0.409 e. The van der Waals surface area contributed by atoms with Crippen molar-refractivity contribution in [2.24, 2.45) is 5.73 Å². The van der Waals surface area contributed by atoms with E-state index in [0.29, 0.717) is 5.75 Å². The Morgan fingerprint density at radius 3 is 2.62 bits per heavy atom. The van der Waals surface area contributed by atoms with Gasteiger partial charge in [0, 0.05) is 14.1 Å². The first-order valence-electron chi connectivity index (χ1n) is 3.70. The molecule has 0 unspecified atom stereocenters. The van der Waals surface area contributed by atoms with Crippen LogP contribution in [0, 0.1) is 0 Å². The minimum atomic E-state index is -0.834. The molecule has 0 fully saturated rings. The second-order valence-electron chi connectivity index (χ2n) is 2.67. The number of hydrogen-bond acceptors (Lipinski definition) is 4. The van der Waals surface area contributed by atoms with Crippen LogP contribution in [0.1, 0.15) is 0 Å². The average molecular weight is 181 g/mol. The quantitative estimate of drug-likeness (QED) is 0.725. The number of aromatic nitrogens is 1. The summed E-state index contributed by atoms with van der Waals surface area (Å²) in [6, 6.07) is 3.37. The van der Waals surface area contributed by atoms with E-state index >= 15 is 0 Å². The van der Waals surface area contributed by atoms with Crippen molar-refractivity contribution in [2.45, 2.75) is 0 Å². The molecule has 2 N–H and O–H groups in total. The summed E-state index contributed by atoms with van der Waals surface area (Å²) in [5, 5.41) is 0. The van der Waals surface area contributed by atoms with Gasteiger partial charge in [-0.25, -0.2) is 9.78 Å². The van der Waals surface area contributed by atoms with Crippen molar-refractivity contribution >= 4 is 11.9 Å². The molecule has 1 amide bonds. The molecule has 1 aromatic rings. The van der Waals surface area contributed by atoms with Crippen molar-refractivity contribution in [1.29, 1.82) is 0 Å². The fraction of sp³-hybridized carbons (Fsp3) is 0.250. The Hall–Kier alpha value is -1.78. The molecule has 0 radical (unpaired) electrons. The topological polar surface area (TPSA) is 68.5 Å². The number of carbonyl (C=O) groups excluding carboxylic acids is 1. The standard InChI is InChI=1S/C8H11N3O2/c1-11(2)7-4-3-6(5-10-7)13-8(9)12/h3-5H,1-2H3,(H2,9,12). The average Bonchev–Trinajstić information content (AvgIpc) is 2.04. The van der Waals surface area contributed by atoms with Crippen LogP contribution < -0.4 is 15.4 Å². The maximum Gasteiger partial charge on any atom is 0.410 e. The molecule has 5 nitrogen and oxygen atoms in total. The molecule has 0 aliphatic heterocycles. The Morgan fingerprint density at radius 1 is 1.54 bits per heavy atom. The lowest BCUT2D eigenvalue weighted by Crippen LogP contribution is -2.16. The Morgan fingerprint density at radius 2 is 2.23 bits per heavy atom. The lowest BCUT2D eigenvalue weighted by molar-refractivity contribution is 0.210. The molecule has 13 heavy (non-hydrogen) atoms. The highest BCUT2D eigenvalue weighted by Crippen LogP contribution is 2.13. The van der Waals surface area contributed by atoms with Crippen LogP contribution in [0.4, 0.5) is 10.6 Å². The van der Waals surface area contributed by atoms with E-state index in [1.807, 2.05) is 19.0 Å². The van der Waals surface area contributed by atoms with Crippen LogP contribution in [-0.2, 0) is 0 Å². The second kappa shape index (κ2) is 3.75. The molecule has 0 saturated carbocycles. The van der Waals surface area contributed by atoms with E-state index in [9.17, 15) is 4.79 Å². The van der Waals surface area contributed by atoms with Gasteiger partial charge in [-0.2, -0.15) is 0 Å². The summed E-state index contributed by atoms with van der Waals surface area (Å²) in [6.45, 7) is 0. The Kier molecular flexibility index (Phi) is 2.69. The number of nitrogens with two attached hydrogens (primary N) is 1. The van der Waals surface area contributed by atoms with Crippen molar-refractivity contribution in [2.75, 3.05) is 19.0 Å². The molecule has 0 spiro atoms. The zero-order valence-corrected chi connectivity index (χ0v) is 7.52. The molecule has 5 heteroatoms. The lowest BCUT2D eigenvalue weighted by atomic mass is 10.4. The SMILES string of the molecule is CN(C)c1ccc(OC(N)=O)cn1. The monoisotopic (exact) mass is 181 g/mol. The summed E-state index contributed by atoms with van der Waals surface area (Å²) in [4.78, 5) is 16.2. The van der Waals surface area contributed by atoms with Crippen LogP contribution in [0.2, 0.25) is 0 Å². The number of ether oxygens (including phenoxy) is 1. The zero-order chi connectivity index (χ0) is 9.84. The maximum absolute atomic E-state index is 10.3. The van der Waals surface area contributed by atoms with Crippen LogP contribution >= 0.6 is 0 Å². The van der Waals surface area contributed by atoms with E-state index in [2.05, 4.69) is 9.72 Å². The number of amides is 1. The number of hydrogen-bond donors (Lipinski definition) is 1. The van der Waals surface area contributed by atoms with E-state index in [1.165, 1.54) is 6.20 Å². The molecule has 0 saturated heterocycles. The van der Waals surface area contributed by atoms with E-state index in [0.717, 1.165) is 5.82 Å². The van der Waals surface area contributed by atoms with Gasteiger partial charge in [0.2, 0.25) is 0 Å². The number of primary amides is 1. The highest BCUT2D eigenvalue weighted by atomic mass is 16.5. The number of pyridine rings is 1. The Balaban J connectivity index is 2.75. The van der Waals surface area contributed by atoms with Crippen LogP contribution in [0.5, 0.6) is 5.75 Å². The normalized spacial score (nSPS) is 9.38. The first kappa shape index (κ1) is 9.31. The molecule has 70 valence electrons. The molecule has 0 aliphatic rings. The summed E-state index contributed by atoms with van der Waals surface area (Å²) in [7, 11) is 3.74. The van der Waals surface area contributed by atoms with Gasteiger partial charge in [0.1, 0.15) is 5.82 Å². The van der Waals surface area contributed by atoms with Gasteiger partial charge in [0.25, 0.3) is 0 Å². The van der Waals surface area contributed by atoms with Gasteiger partial charge in [0.05, 0.1) is 6.20 Å². The molecule has 0 atom stereocenters. The zero-order valence-electron chi connectivity index (χ0n) is 7.52. The van der Waals surface area contributed by atoms with Crippen LogP contribution in [0.25, 0.3) is 0 Å².